The molecule has 3 aliphatic carbocycles. The molecule has 1 saturated carbocycles. The van der Waals surface area contributed by atoms with Crippen molar-refractivity contribution >= 4 is 5.97 Å². The van der Waals surface area contributed by atoms with E-state index >= 15 is 0 Å². The number of benzene rings is 1. The quantitative estimate of drug-likeness (QED) is 0.787. The van der Waals surface area contributed by atoms with Gasteiger partial charge in [0.1, 0.15) is 5.76 Å². The monoisotopic (exact) mass is 371 g/mol. The van der Waals surface area contributed by atoms with Crippen LogP contribution in [0.25, 0.3) is 0 Å². The molecule has 2 bridgehead atoms. The molecule has 4 atom stereocenters. The number of carbonyl (C=O) groups is 1. The van der Waals surface area contributed by atoms with Crippen molar-refractivity contribution in [3.8, 4) is 11.5 Å². The number of aliphatic hydroxyl groups is 1. The molecule has 1 spiro atoms. The first-order chi connectivity index (χ1) is 13.0. The van der Waals surface area contributed by atoms with E-state index in [4.69, 9.17) is 19.9 Å². The maximum Gasteiger partial charge on any atom is 0.312 e. The lowest BCUT2D eigenvalue weighted by Crippen LogP contribution is -2.67. The highest BCUT2D eigenvalue weighted by Crippen LogP contribution is 2.67. The van der Waals surface area contributed by atoms with Gasteiger partial charge in [-0.3, -0.25) is 4.79 Å². The van der Waals surface area contributed by atoms with Crippen LogP contribution in [0.2, 0.25) is 0 Å². The van der Waals surface area contributed by atoms with E-state index < -0.39 is 17.1 Å². The molecule has 4 aliphatic rings. The van der Waals surface area contributed by atoms with Crippen molar-refractivity contribution in [1.82, 2.24) is 0 Å². The number of esters is 1. The number of carbonyl (C=O) groups excluding carboxylic acids is 1. The van der Waals surface area contributed by atoms with Gasteiger partial charge in [0.05, 0.1) is 24.5 Å². The van der Waals surface area contributed by atoms with Gasteiger partial charge in [0.15, 0.2) is 17.6 Å². The highest BCUT2D eigenvalue weighted by Gasteiger charge is 2.70. The van der Waals surface area contributed by atoms with Crippen molar-refractivity contribution < 1.29 is 24.1 Å². The van der Waals surface area contributed by atoms with E-state index in [1.165, 1.54) is 5.56 Å². The average molecular weight is 371 g/mol. The Bertz CT molecular complexity index is 849. The van der Waals surface area contributed by atoms with Crippen molar-refractivity contribution in [2.45, 2.75) is 55.6 Å². The van der Waals surface area contributed by atoms with E-state index in [1.807, 2.05) is 12.1 Å². The normalized spacial score (nSPS) is 35.0. The summed E-state index contributed by atoms with van der Waals surface area (Å²) < 4.78 is 17.6. The first-order valence-electron chi connectivity index (χ1n) is 9.75. The zero-order valence-electron chi connectivity index (χ0n) is 15.5. The van der Waals surface area contributed by atoms with Gasteiger partial charge in [-0.25, -0.2) is 0 Å². The van der Waals surface area contributed by atoms with Crippen LogP contribution in [0.3, 0.4) is 0 Å². The van der Waals surface area contributed by atoms with E-state index in [0.29, 0.717) is 23.7 Å². The first-order valence-corrected chi connectivity index (χ1v) is 9.75. The molecule has 1 aliphatic heterocycles. The van der Waals surface area contributed by atoms with Crippen LogP contribution in [0.4, 0.5) is 0 Å². The lowest BCUT2D eigenvalue weighted by Gasteiger charge is -2.59. The van der Waals surface area contributed by atoms with Crippen molar-refractivity contribution in [2.24, 2.45) is 11.7 Å². The molecular formula is C21H25NO5. The van der Waals surface area contributed by atoms with Crippen LogP contribution in [0.5, 0.6) is 11.5 Å². The largest absolute Gasteiger partial charge is 0.493 e. The van der Waals surface area contributed by atoms with Gasteiger partial charge in [-0.05, 0) is 49.3 Å². The van der Waals surface area contributed by atoms with E-state index in [1.54, 1.807) is 7.11 Å². The summed E-state index contributed by atoms with van der Waals surface area (Å²) in [4.78, 5) is 12.1. The molecule has 3 N–H and O–H groups in total. The van der Waals surface area contributed by atoms with E-state index in [0.717, 1.165) is 31.2 Å². The number of ether oxygens (including phenoxy) is 3. The van der Waals surface area contributed by atoms with Crippen LogP contribution in [-0.4, -0.2) is 36.4 Å². The summed E-state index contributed by atoms with van der Waals surface area (Å²) in [7, 11) is 1.62. The lowest BCUT2D eigenvalue weighted by molar-refractivity contribution is -0.159. The molecule has 6 heteroatoms. The molecule has 144 valence electrons. The summed E-state index contributed by atoms with van der Waals surface area (Å²) in [6.07, 6.45) is 5.64. The molecule has 6 nitrogen and oxygen atoms in total. The Hall–Kier alpha value is -2.05. The topological polar surface area (TPSA) is 91.0 Å². The third-order valence-electron chi connectivity index (χ3n) is 7.05. The molecule has 27 heavy (non-hydrogen) atoms. The van der Waals surface area contributed by atoms with Crippen molar-refractivity contribution in [1.29, 1.82) is 0 Å². The Morgan fingerprint density at radius 3 is 3.07 bits per heavy atom. The Morgan fingerprint density at radius 2 is 2.30 bits per heavy atom. The SMILES string of the molecule is COc1ccc2c3c1O[C@H]1C(OC(=O)CCN)=CC[C@@]4(O)[C@H](CCCC314)C2. The molecule has 0 amide bonds. The summed E-state index contributed by atoms with van der Waals surface area (Å²) in [6.45, 7) is 0.243. The van der Waals surface area contributed by atoms with Gasteiger partial charge in [0.25, 0.3) is 0 Å². The molecule has 1 fully saturated rings. The molecule has 0 saturated heterocycles. The molecule has 0 aromatic heterocycles. The van der Waals surface area contributed by atoms with E-state index in [-0.39, 0.29) is 24.9 Å². The summed E-state index contributed by atoms with van der Waals surface area (Å²) in [5.41, 5.74) is 6.30. The Labute approximate surface area is 158 Å². The Morgan fingerprint density at radius 1 is 1.44 bits per heavy atom. The molecule has 0 radical (unpaired) electrons. The standard InChI is InChI=1S/C21H25NO5/c1-25-14-5-4-12-11-13-3-2-8-20-17(12)18(14)27-19(20)15(6-9-21(13,20)24)26-16(23)7-10-22/h4-6,13,19,24H,2-3,7-11,22H2,1H3/t13-,19+,20?,21-/m1/s1. The summed E-state index contributed by atoms with van der Waals surface area (Å²) in [5.74, 6) is 1.69. The third kappa shape index (κ3) is 2.00. The zero-order valence-corrected chi connectivity index (χ0v) is 15.5. The highest BCUT2D eigenvalue weighted by molar-refractivity contribution is 5.72. The molecule has 5 rings (SSSR count). The fraction of sp³-hybridized carbons (Fsp3) is 0.571. The van der Waals surface area contributed by atoms with E-state index in [9.17, 15) is 9.90 Å². The van der Waals surface area contributed by atoms with Gasteiger partial charge >= 0.3 is 5.97 Å². The van der Waals surface area contributed by atoms with Gasteiger partial charge in [-0.15, -0.1) is 0 Å². The lowest BCUT2D eigenvalue weighted by atomic mass is 9.47. The predicted molar refractivity (Wildman–Crippen MR) is 97.5 cm³/mol. The number of nitrogens with two attached hydrogens (primary N) is 1. The van der Waals surface area contributed by atoms with Crippen molar-refractivity contribution in [3.63, 3.8) is 0 Å². The van der Waals surface area contributed by atoms with Crippen molar-refractivity contribution in [3.05, 3.63) is 35.1 Å². The predicted octanol–water partition coefficient (Wildman–Crippen LogP) is 1.96. The van der Waals surface area contributed by atoms with Crippen LogP contribution >= 0.6 is 0 Å². The Kier molecular flexibility index (Phi) is 3.62. The number of rotatable bonds is 4. The minimum atomic E-state index is -0.885. The Balaban J connectivity index is 1.69. The van der Waals surface area contributed by atoms with Gasteiger partial charge in [-0.1, -0.05) is 12.5 Å². The zero-order chi connectivity index (χ0) is 18.8. The summed E-state index contributed by atoms with van der Waals surface area (Å²) in [5, 5.41) is 11.9. The van der Waals surface area contributed by atoms with Gasteiger partial charge < -0.3 is 25.1 Å². The minimum Gasteiger partial charge on any atom is -0.493 e. The summed E-state index contributed by atoms with van der Waals surface area (Å²) in [6, 6.07) is 4.04. The second-order valence-corrected chi connectivity index (χ2v) is 8.14. The highest BCUT2D eigenvalue weighted by atomic mass is 16.6. The van der Waals surface area contributed by atoms with Gasteiger partial charge in [-0.2, -0.15) is 0 Å². The third-order valence-corrected chi connectivity index (χ3v) is 7.05. The van der Waals surface area contributed by atoms with Crippen LogP contribution in [0.15, 0.2) is 24.0 Å². The maximum absolute atomic E-state index is 12.1. The fourth-order valence-corrected chi connectivity index (χ4v) is 5.98. The smallest absolute Gasteiger partial charge is 0.312 e. The number of hydrogen-bond acceptors (Lipinski definition) is 6. The number of methoxy groups -OCH3 is 1. The molecule has 1 heterocycles. The number of hydrogen-bond donors (Lipinski definition) is 2. The fourth-order valence-electron chi connectivity index (χ4n) is 5.98. The molecular weight excluding hydrogens is 346 g/mol. The average Bonchev–Trinajstić information content (AvgIpc) is 2.98. The second-order valence-electron chi connectivity index (χ2n) is 8.14. The maximum atomic E-state index is 12.1. The summed E-state index contributed by atoms with van der Waals surface area (Å²) >= 11 is 0. The van der Waals surface area contributed by atoms with Crippen LogP contribution in [0, 0.1) is 5.92 Å². The van der Waals surface area contributed by atoms with Crippen LogP contribution in [0.1, 0.15) is 43.2 Å². The van der Waals surface area contributed by atoms with Gasteiger partial charge in [0.2, 0.25) is 0 Å². The first kappa shape index (κ1) is 17.1. The van der Waals surface area contributed by atoms with Crippen LogP contribution in [-0.2, 0) is 21.4 Å². The van der Waals surface area contributed by atoms with Crippen molar-refractivity contribution in [2.75, 3.05) is 13.7 Å². The second kappa shape index (κ2) is 5.72. The van der Waals surface area contributed by atoms with E-state index in [2.05, 4.69) is 6.07 Å². The molecule has 1 aromatic carbocycles. The van der Waals surface area contributed by atoms with Crippen LogP contribution < -0.4 is 15.2 Å². The molecule has 1 aromatic rings. The minimum absolute atomic E-state index is 0.158. The molecule has 1 unspecified atom stereocenters. The van der Waals surface area contributed by atoms with Gasteiger partial charge in [0, 0.05) is 12.1 Å².